The van der Waals surface area contributed by atoms with Crippen LogP contribution in [-0.2, 0) is 19.6 Å². The lowest BCUT2D eigenvalue weighted by atomic mass is 10.2. The first-order chi connectivity index (χ1) is 14.2. The lowest BCUT2D eigenvalue weighted by Crippen LogP contribution is -2.33. The van der Waals surface area contributed by atoms with E-state index >= 15 is 0 Å². The summed E-state index contributed by atoms with van der Waals surface area (Å²) < 4.78 is 96.0. The van der Waals surface area contributed by atoms with Gasteiger partial charge < -0.3 is 9.94 Å². The topological polar surface area (TPSA) is 113 Å². The summed E-state index contributed by atoms with van der Waals surface area (Å²) in [4.78, 5) is 3.42. The van der Waals surface area contributed by atoms with Crippen molar-refractivity contribution in [1.82, 2.24) is 4.98 Å². The van der Waals surface area contributed by atoms with Crippen LogP contribution in [0.2, 0.25) is 0 Å². The lowest BCUT2D eigenvalue weighted by Gasteiger charge is -2.16. The Hall–Kier alpha value is -2.48. The highest BCUT2D eigenvalue weighted by molar-refractivity contribution is 7.92. The molecule has 0 aliphatic carbocycles. The average Bonchev–Trinajstić information content (AvgIpc) is 2.65. The molecule has 0 atom stereocenters. The van der Waals surface area contributed by atoms with Crippen LogP contribution in [0.5, 0.6) is 5.75 Å². The van der Waals surface area contributed by atoms with Crippen molar-refractivity contribution in [2.75, 3.05) is 24.9 Å². The predicted octanol–water partition coefficient (Wildman–Crippen LogP) is 2.81. The second-order valence-corrected chi connectivity index (χ2v) is 11.4. The van der Waals surface area contributed by atoms with Gasteiger partial charge in [-0.15, -0.1) is 0 Å². The summed E-state index contributed by atoms with van der Waals surface area (Å²) in [6, 6.07) is 3.29. The number of sulfone groups is 1. The van der Waals surface area contributed by atoms with Gasteiger partial charge >= 0.3 is 12.3 Å². The molecule has 2 aromatic rings. The summed E-state index contributed by atoms with van der Waals surface area (Å²) in [7, 11) is -6.64. The molecule has 0 N–H and O–H groups in total. The summed E-state index contributed by atoms with van der Waals surface area (Å²) in [5.41, 5.74) is -0.630. The number of hydrogen-bond acceptors (Lipinski definition) is 7. The van der Waals surface area contributed by atoms with E-state index in [1.807, 2.05) is 0 Å². The van der Waals surface area contributed by atoms with E-state index in [0.717, 1.165) is 30.6 Å². The van der Waals surface area contributed by atoms with Gasteiger partial charge in [-0.2, -0.15) is 17.9 Å². The molecule has 0 saturated carbocycles. The summed E-state index contributed by atoms with van der Waals surface area (Å²) in [6.07, 6.45) is 0.517. The molecule has 0 bridgehead atoms. The van der Waals surface area contributed by atoms with E-state index in [9.17, 15) is 35.4 Å². The fourth-order valence-electron chi connectivity index (χ4n) is 2.32. The molecule has 0 aliphatic rings. The first-order valence-corrected chi connectivity index (χ1v) is 12.6. The lowest BCUT2D eigenvalue weighted by molar-refractivity contribution is -0.595. The van der Waals surface area contributed by atoms with Gasteiger partial charge in [-0.25, -0.2) is 26.4 Å². The molecule has 0 radical (unpaired) electrons. The van der Waals surface area contributed by atoms with Crippen LogP contribution in [0.25, 0.3) is 11.4 Å². The largest absolute Gasteiger partial charge is 0.618 e. The predicted molar refractivity (Wildman–Crippen MR) is 105 cm³/mol. The van der Waals surface area contributed by atoms with Crippen LogP contribution in [0.15, 0.2) is 39.9 Å². The normalized spacial score (nSPS) is 12.8. The van der Waals surface area contributed by atoms with Crippen molar-refractivity contribution in [3.63, 3.8) is 0 Å². The van der Waals surface area contributed by atoms with Crippen LogP contribution < -0.4 is 9.47 Å². The molecule has 0 unspecified atom stereocenters. The number of alkyl halides is 4. The van der Waals surface area contributed by atoms with Gasteiger partial charge in [0.15, 0.2) is 16.4 Å². The summed E-state index contributed by atoms with van der Waals surface area (Å²) >= 11 is 0. The zero-order chi connectivity index (χ0) is 23.6. The Morgan fingerprint density at radius 1 is 1.26 bits per heavy atom. The van der Waals surface area contributed by atoms with E-state index in [1.54, 1.807) is 0 Å². The van der Waals surface area contributed by atoms with E-state index < -0.39 is 43.4 Å². The fourth-order valence-corrected chi connectivity index (χ4v) is 4.02. The first kappa shape index (κ1) is 24.8. The van der Waals surface area contributed by atoms with E-state index in [0.29, 0.717) is 0 Å². The van der Waals surface area contributed by atoms with Gasteiger partial charge in [-0.3, -0.25) is 0 Å². The number of nitrogens with zero attached hydrogens (tertiary/aromatic N) is 3. The van der Waals surface area contributed by atoms with Crippen molar-refractivity contribution < 1.29 is 39.7 Å². The Morgan fingerprint density at radius 3 is 2.39 bits per heavy atom. The van der Waals surface area contributed by atoms with Crippen molar-refractivity contribution in [2.24, 2.45) is 4.36 Å². The minimum absolute atomic E-state index is 0.116. The van der Waals surface area contributed by atoms with Crippen molar-refractivity contribution in [1.29, 1.82) is 0 Å². The second-order valence-electron chi connectivity index (χ2n) is 6.64. The maximum atomic E-state index is 13.0. The Kier molecular flexibility index (Phi) is 7.15. The third-order valence-corrected chi connectivity index (χ3v) is 6.14. The minimum atomic E-state index is -4.37. The molecule has 0 aromatic carbocycles. The number of rotatable bonds is 8. The number of ether oxygens (including phenoxy) is 1. The zero-order valence-corrected chi connectivity index (χ0v) is 18.2. The molecule has 2 rings (SSSR count). The van der Waals surface area contributed by atoms with Gasteiger partial charge in [-0.1, -0.05) is 6.92 Å². The maximum Gasteiger partial charge on any atom is 0.340 e. The van der Waals surface area contributed by atoms with E-state index in [4.69, 9.17) is 0 Å². The summed E-state index contributed by atoms with van der Waals surface area (Å²) in [5, 5.41) is 12.6. The second kappa shape index (κ2) is 8.94. The highest BCUT2D eigenvalue weighted by atomic mass is 32.2. The molecule has 2 aromatic heterocycles. The fraction of sp³-hybridized carbons (Fsp3) is 0.412. The number of pyridine rings is 2. The van der Waals surface area contributed by atoms with Crippen LogP contribution in [0, 0.1) is 5.21 Å². The molecule has 0 fully saturated rings. The highest BCUT2D eigenvalue weighted by Gasteiger charge is 2.41. The Labute approximate surface area is 176 Å². The Morgan fingerprint density at radius 2 is 1.90 bits per heavy atom. The van der Waals surface area contributed by atoms with Crippen LogP contribution in [0.4, 0.5) is 23.2 Å². The summed E-state index contributed by atoms with van der Waals surface area (Å²) in [6.45, 7) is -0.235. The number of hydrogen-bond donors (Lipinski definition) is 0. The van der Waals surface area contributed by atoms with Crippen molar-refractivity contribution in [3.05, 3.63) is 35.8 Å². The molecule has 8 nitrogen and oxygen atoms in total. The first-order valence-electron chi connectivity index (χ1n) is 8.58. The molecule has 2 heterocycles. The molecule has 172 valence electrons. The number of halogens is 4. The minimum Gasteiger partial charge on any atom is -0.618 e. The van der Waals surface area contributed by atoms with E-state index in [-0.39, 0.29) is 33.3 Å². The summed E-state index contributed by atoms with van der Waals surface area (Å²) in [5.74, 6) is -5.01. The van der Waals surface area contributed by atoms with Gasteiger partial charge in [0.1, 0.15) is 22.0 Å². The SMILES string of the molecule is CCS(=O)(=O)c1cc(N=S(C)(C)=O)c[n+]([O-])c1-c1ccc(OCC(F)(F)C(F)F)cn1. The van der Waals surface area contributed by atoms with Gasteiger partial charge in [0, 0.05) is 22.2 Å². The van der Waals surface area contributed by atoms with Gasteiger partial charge in [0.25, 0.3) is 5.69 Å². The average molecular weight is 485 g/mol. The van der Waals surface area contributed by atoms with Crippen molar-refractivity contribution in [3.8, 4) is 17.1 Å². The van der Waals surface area contributed by atoms with Crippen LogP contribution in [-0.4, -0.2) is 54.8 Å². The molecular formula is C17H19F4N3O5S2. The van der Waals surface area contributed by atoms with Gasteiger partial charge in [-0.05, 0) is 18.2 Å². The van der Waals surface area contributed by atoms with Crippen LogP contribution >= 0.6 is 0 Å². The molecule has 0 aliphatic heterocycles. The van der Waals surface area contributed by atoms with E-state index in [1.165, 1.54) is 19.4 Å². The van der Waals surface area contributed by atoms with Crippen LogP contribution in [0.3, 0.4) is 0 Å². The van der Waals surface area contributed by atoms with Crippen molar-refractivity contribution in [2.45, 2.75) is 24.2 Å². The van der Waals surface area contributed by atoms with Gasteiger partial charge in [0.05, 0.1) is 11.9 Å². The van der Waals surface area contributed by atoms with Crippen molar-refractivity contribution >= 4 is 25.3 Å². The maximum absolute atomic E-state index is 13.0. The van der Waals surface area contributed by atoms with E-state index in [2.05, 4.69) is 14.1 Å². The molecule has 0 saturated heterocycles. The van der Waals surface area contributed by atoms with Crippen LogP contribution in [0.1, 0.15) is 6.92 Å². The molecule has 0 amide bonds. The molecule has 14 heteroatoms. The molecular weight excluding hydrogens is 466 g/mol. The monoisotopic (exact) mass is 485 g/mol. The molecule has 0 spiro atoms. The number of aromatic nitrogens is 2. The standard InChI is InChI=1S/C17H19F4N3O5S2/c1-4-31(27,28)14-7-11(23-30(2,3)26)9-24(25)15(14)13-6-5-12(8-22-13)29-10-17(20,21)16(18)19/h5-9,16H,4,10H2,1-3H3. The Balaban J connectivity index is 2.52. The third-order valence-electron chi connectivity index (χ3n) is 3.75. The smallest absolute Gasteiger partial charge is 0.340 e. The zero-order valence-electron chi connectivity index (χ0n) is 16.6. The quantitative estimate of drug-likeness (QED) is 0.323. The Bertz CT molecular complexity index is 1170. The van der Waals surface area contributed by atoms with Gasteiger partial charge in [0.2, 0.25) is 6.20 Å². The third kappa shape index (κ3) is 6.26. The highest BCUT2D eigenvalue weighted by Crippen LogP contribution is 2.29. The molecule has 31 heavy (non-hydrogen) atoms.